The molecule has 7 nitrogen and oxygen atoms in total. The number of ether oxygens (including phenoxy) is 4. The summed E-state index contributed by atoms with van der Waals surface area (Å²) in [6.07, 6.45) is 1.23. The number of carbonyl (C=O) groups is 1. The highest BCUT2D eigenvalue weighted by Gasteiger charge is 2.37. The Labute approximate surface area is 222 Å². The molecule has 0 spiro atoms. The molecule has 0 amide bonds. The van der Waals surface area contributed by atoms with Gasteiger partial charge >= 0.3 is 5.97 Å². The van der Waals surface area contributed by atoms with Crippen molar-refractivity contribution in [1.82, 2.24) is 4.57 Å². The lowest BCUT2D eigenvalue weighted by atomic mass is 9.75. The molecule has 8 heteroatoms. The molecule has 202 valence electrons. The molecule has 0 aliphatic heterocycles. The molecule has 4 rings (SSSR count). The van der Waals surface area contributed by atoms with Crippen molar-refractivity contribution in [2.45, 2.75) is 39.2 Å². The molecule has 0 saturated carbocycles. The molecule has 0 fully saturated rings. The highest BCUT2D eigenvalue weighted by molar-refractivity contribution is 5.91. The van der Waals surface area contributed by atoms with Gasteiger partial charge in [-0.1, -0.05) is 44.2 Å². The third kappa shape index (κ3) is 5.18. The zero-order chi connectivity index (χ0) is 27.4. The zero-order valence-electron chi connectivity index (χ0n) is 22.5. The molecule has 1 atom stereocenters. The minimum absolute atomic E-state index is 0.0257. The van der Waals surface area contributed by atoms with Gasteiger partial charge in [0.2, 0.25) is 0 Å². The molecule has 38 heavy (non-hydrogen) atoms. The number of esters is 1. The number of nitrogens with zero attached hydrogens (tertiary/aromatic N) is 1. The highest BCUT2D eigenvalue weighted by atomic mass is 19.1. The first-order valence-electron chi connectivity index (χ1n) is 12.7. The van der Waals surface area contributed by atoms with Crippen LogP contribution in [0.4, 0.5) is 4.39 Å². The van der Waals surface area contributed by atoms with Gasteiger partial charge in [-0.2, -0.15) is 0 Å². The summed E-state index contributed by atoms with van der Waals surface area (Å²) in [7, 11) is 4.33. The first-order valence-corrected chi connectivity index (χ1v) is 12.7. The lowest BCUT2D eigenvalue weighted by Crippen LogP contribution is -2.35. The summed E-state index contributed by atoms with van der Waals surface area (Å²) in [5.41, 5.74) is 1.95. The van der Waals surface area contributed by atoms with Crippen LogP contribution in [0.15, 0.2) is 47.3 Å². The fourth-order valence-electron chi connectivity index (χ4n) is 5.10. The Morgan fingerprint density at radius 2 is 1.82 bits per heavy atom. The van der Waals surface area contributed by atoms with E-state index in [-0.39, 0.29) is 18.4 Å². The van der Waals surface area contributed by atoms with E-state index in [1.807, 2.05) is 50.2 Å². The van der Waals surface area contributed by atoms with Crippen molar-refractivity contribution in [3.63, 3.8) is 0 Å². The number of hydrogen-bond donors (Lipinski definition) is 0. The van der Waals surface area contributed by atoms with Crippen molar-refractivity contribution in [2.75, 3.05) is 34.5 Å². The molecule has 2 aromatic carbocycles. The van der Waals surface area contributed by atoms with Crippen LogP contribution in [0.1, 0.15) is 53.2 Å². The van der Waals surface area contributed by atoms with Gasteiger partial charge in [-0.3, -0.25) is 4.79 Å². The average molecular weight is 524 g/mol. The van der Waals surface area contributed by atoms with Crippen LogP contribution in [-0.2, 0) is 22.4 Å². The van der Waals surface area contributed by atoms with E-state index < -0.39 is 22.9 Å². The Kier molecular flexibility index (Phi) is 8.52. The largest absolute Gasteiger partial charge is 0.493 e. The van der Waals surface area contributed by atoms with E-state index in [1.54, 1.807) is 20.3 Å². The fourth-order valence-corrected chi connectivity index (χ4v) is 5.10. The van der Waals surface area contributed by atoms with Crippen molar-refractivity contribution >= 4 is 5.97 Å². The van der Waals surface area contributed by atoms with Gasteiger partial charge < -0.3 is 23.5 Å². The van der Waals surface area contributed by atoms with E-state index in [2.05, 4.69) is 0 Å². The maximum atomic E-state index is 16.2. The summed E-state index contributed by atoms with van der Waals surface area (Å²) in [4.78, 5) is 26.4. The van der Waals surface area contributed by atoms with E-state index >= 15 is 4.39 Å². The number of methoxy groups -OCH3 is 3. The Bertz CT molecular complexity index is 1370. The van der Waals surface area contributed by atoms with Gasteiger partial charge in [-0.15, -0.1) is 0 Å². The Morgan fingerprint density at radius 3 is 2.45 bits per heavy atom. The number of halogens is 1. The van der Waals surface area contributed by atoms with Gasteiger partial charge in [-0.05, 0) is 41.5 Å². The Hall–Kier alpha value is -3.65. The molecular formula is C30H34FNO6. The summed E-state index contributed by atoms with van der Waals surface area (Å²) in [5.74, 6) is -0.994. The van der Waals surface area contributed by atoms with Crippen LogP contribution in [0.25, 0.3) is 11.3 Å². The van der Waals surface area contributed by atoms with E-state index in [0.717, 1.165) is 18.2 Å². The number of carbonyl (C=O) groups excluding carboxylic acids is 1. The number of benzene rings is 2. The van der Waals surface area contributed by atoms with E-state index in [9.17, 15) is 9.59 Å². The minimum Gasteiger partial charge on any atom is -0.493 e. The van der Waals surface area contributed by atoms with Crippen LogP contribution in [0.5, 0.6) is 11.5 Å². The normalized spacial score (nSPS) is 14.1. The number of pyridine rings is 1. The van der Waals surface area contributed by atoms with Crippen LogP contribution >= 0.6 is 0 Å². The molecule has 0 bridgehead atoms. The maximum absolute atomic E-state index is 16.2. The first kappa shape index (κ1) is 27.4. The quantitative estimate of drug-likeness (QED) is 0.268. The van der Waals surface area contributed by atoms with E-state index in [4.69, 9.17) is 18.9 Å². The number of aromatic nitrogens is 1. The Balaban J connectivity index is 2.00. The summed E-state index contributed by atoms with van der Waals surface area (Å²) in [5, 5.41) is 0. The molecule has 1 aliphatic rings. The van der Waals surface area contributed by atoms with Crippen molar-refractivity contribution in [2.24, 2.45) is 5.92 Å². The first-order chi connectivity index (χ1) is 18.3. The summed E-state index contributed by atoms with van der Waals surface area (Å²) in [6.45, 7) is 5.20. The van der Waals surface area contributed by atoms with Gasteiger partial charge in [-0.25, -0.2) is 9.18 Å². The molecule has 0 saturated heterocycles. The molecule has 0 N–H and O–H groups in total. The highest BCUT2D eigenvalue weighted by Crippen LogP contribution is 2.47. The van der Waals surface area contributed by atoms with E-state index in [0.29, 0.717) is 54.4 Å². The predicted molar refractivity (Wildman–Crippen MR) is 143 cm³/mol. The molecule has 1 unspecified atom stereocenters. The number of rotatable bonds is 10. The third-order valence-electron chi connectivity index (χ3n) is 7.02. The van der Waals surface area contributed by atoms with Crippen LogP contribution in [0, 0.1) is 11.7 Å². The van der Waals surface area contributed by atoms with Crippen molar-refractivity contribution in [3.05, 3.63) is 80.9 Å². The molecule has 1 aliphatic carbocycles. The molecule has 1 aromatic heterocycles. The van der Waals surface area contributed by atoms with Gasteiger partial charge in [0, 0.05) is 31.3 Å². The zero-order valence-corrected chi connectivity index (χ0v) is 22.5. The van der Waals surface area contributed by atoms with Crippen LogP contribution in [0.3, 0.4) is 0 Å². The van der Waals surface area contributed by atoms with Crippen LogP contribution in [-0.4, -0.2) is 45.1 Å². The number of fused-ring (bicyclic) bond motifs is 3. The lowest BCUT2D eigenvalue weighted by Gasteiger charge is -2.33. The van der Waals surface area contributed by atoms with Crippen LogP contribution in [0.2, 0.25) is 0 Å². The summed E-state index contributed by atoms with van der Waals surface area (Å²) >= 11 is 0. The van der Waals surface area contributed by atoms with Gasteiger partial charge in [0.15, 0.2) is 17.1 Å². The smallest absolute Gasteiger partial charge is 0.346 e. The third-order valence-corrected chi connectivity index (χ3v) is 7.02. The molecule has 3 aromatic rings. The van der Waals surface area contributed by atoms with Crippen molar-refractivity contribution < 1.29 is 28.1 Å². The number of hydrogen-bond acceptors (Lipinski definition) is 6. The SMILES string of the molecule is COCCCOc1cc2c(cc1OC)-c1c(c(F)c(C(=O)OC)c(=O)n1Cc1ccccc1)C(C(C)C)C2. The lowest BCUT2D eigenvalue weighted by molar-refractivity contribution is 0.0592. The maximum Gasteiger partial charge on any atom is 0.346 e. The Morgan fingerprint density at radius 1 is 1.08 bits per heavy atom. The fraction of sp³-hybridized carbons (Fsp3) is 0.400. The van der Waals surface area contributed by atoms with Crippen molar-refractivity contribution in [1.29, 1.82) is 0 Å². The molecule has 1 heterocycles. The second kappa shape index (κ2) is 11.8. The van der Waals surface area contributed by atoms with Crippen LogP contribution < -0.4 is 15.0 Å². The molecular weight excluding hydrogens is 489 g/mol. The minimum atomic E-state index is -0.984. The summed E-state index contributed by atoms with van der Waals surface area (Å²) in [6, 6.07) is 13.1. The van der Waals surface area contributed by atoms with E-state index in [1.165, 1.54) is 4.57 Å². The average Bonchev–Trinajstić information content (AvgIpc) is 2.92. The molecule has 0 radical (unpaired) electrons. The topological polar surface area (TPSA) is 76.0 Å². The second-order valence-electron chi connectivity index (χ2n) is 9.73. The van der Waals surface area contributed by atoms with Gasteiger partial charge in [0.05, 0.1) is 33.1 Å². The monoisotopic (exact) mass is 523 g/mol. The van der Waals surface area contributed by atoms with Gasteiger partial charge in [0.1, 0.15) is 5.82 Å². The second-order valence-corrected chi connectivity index (χ2v) is 9.73. The standard InChI is InChI=1S/C30H34FNO6/c1-18(2)21-14-20-15-24(38-13-9-12-35-3)23(36-4)16-22(20)28-25(21)27(31)26(30(34)37-5)29(33)32(28)17-19-10-7-6-8-11-19/h6-8,10-11,15-16,18,21H,9,12-14,17H2,1-5H3. The summed E-state index contributed by atoms with van der Waals surface area (Å²) < 4.78 is 39.3. The predicted octanol–water partition coefficient (Wildman–Crippen LogP) is 5.21. The van der Waals surface area contributed by atoms with Crippen molar-refractivity contribution in [3.8, 4) is 22.8 Å². The van der Waals surface area contributed by atoms with Gasteiger partial charge in [0.25, 0.3) is 5.56 Å².